The molecule has 9 heavy (non-hydrogen) atoms. The molecule has 0 aliphatic heterocycles. The minimum Gasteiger partial charge on any atom is -0.324 e. The van der Waals surface area contributed by atoms with Crippen LogP contribution in [0.15, 0.2) is 12.2 Å². The minimum absolute atomic E-state index is 0.116. The standard InChI is InChI=1S/C8H17N/c1-6(7(2)9)8(3,4)5/h7H,1,9H2,2-5H3/t7-/m0/s1. The van der Waals surface area contributed by atoms with E-state index in [2.05, 4.69) is 27.4 Å². The predicted octanol–water partition coefficient (Wildman–Crippen LogP) is 1.94. The smallest absolute Gasteiger partial charge is 0.0227 e. The van der Waals surface area contributed by atoms with Crippen molar-refractivity contribution in [2.75, 3.05) is 0 Å². The molecule has 0 spiro atoms. The van der Waals surface area contributed by atoms with Crippen LogP contribution in [0.5, 0.6) is 0 Å². The van der Waals surface area contributed by atoms with Gasteiger partial charge in [0, 0.05) is 6.04 Å². The maximum atomic E-state index is 5.62. The average molecular weight is 127 g/mol. The first kappa shape index (κ1) is 8.70. The Kier molecular flexibility index (Phi) is 2.44. The molecule has 0 saturated heterocycles. The van der Waals surface area contributed by atoms with Gasteiger partial charge in [-0.15, -0.1) is 0 Å². The Morgan fingerprint density at radius 2 is 1.78 bits per heavy atom. The van der Waals surface area contributed by atoms with E-state index in [0.29, 0.717) is 0 Å². The van der Waals surface area contributed by atoms with E-state index >= 15 is 0 Å². The summed E-state index contributed by atoms with van der Waals surface area (Å²) in [6.07, 6.45) is 0. The molecule has 0 saturated carbocycles. The fourth-order valence-corrected chi connectivity index (χ4v) is 0.683. The van der Waals surface area contributed by atoms with E-state index in [4.69, 9.17) is 5.73 Å². The third-order valence-corrected chi connectivity index (χ3v) is 1.51. The van der Waals surface area contributed by atoms with Crippen LogP contribution >= 0.6 is 0 Å². The molecule has 0 aliphatic carbocycles. The molecule has 2 N–H and O–H groups in total. The van der Waals surface area contributed by atoms with E-state index < -0.39 is 0 Å². The SMILES string of the molecule is C=C([C@H](C)N)C(C)(C)C. The summed E-state index contributed by atoms with van der Waals surface area (Å²) in [5.74, 6) is 0. The minimum atomic E-state index is 0.116. The van der Waals surface area contributed by atoms with Crippen molar-refractivity contribution in [2.45, 2.75) is 33.7 Å². The van der Waals surface area contributed by atoms with Crippen LogP contribution < -0.4 is 5.73 Å². The molecule has 1 nitrogen and oxygen atoms in total. The topological polar surface area (TPSA) is 26.0 Å². The summed E-state index contributed by atoms with van der Waals surface area (Å²) < 4.78 is 0. The zero-order valence-electron chi connectivity index (χ0n) is 6.86. The molecule has 0 heterocycles. The number of hydrogen-bond acceptors (Lipinski definition) is 1. The van der Waals surface area contributed by atoms with Gasteiger partial charge in [-0.25, -0.2) is 0 Å². The van der Waals surface area contributed by atoms with E-state index in [9.17, 15) is 0 Å². The van der Waals surface area contributed by atoms with Gasteiger partial charge in [0.25, 0.3) is 0 Å². The largest absolute Gasteiger partial charge is 0.324 e. The summed E-state index contributed by atoms with van der Waals surface area (Å²) in [6.45, 7) is 12.2. The number of nitrogens with two attached hydrogens (primary N) is 1. The summed E-state index contributed by atoms with van der Waals surface area (Å²) in [5, 5.41) is 0. The van der Waals surface area contributed by atoms with E-state index in [1.54, 1.807) is 0 Å². The Morgan fingerprint density at radius 1 is 1.44 bits per heavy atom. The van der Waals surface area contributed by atoms with Crippen molar-refractivity contribution in [1.82, 2.24) is 0 Å². The summed E-state index contributed by atoms with van der Waals surface area (Å²) in [6, 6.07) is 0.116. The molecule has 0 amide bonds. The summed E-state index contributed by atoms with van der Waals surface area (Å²) >= 11 is 0. The van der Waals surface area contributed by atoms with Crippen molar-refractivity contribution in [3.8, 4) is 0 Å². The summed E-state index contributed by atoms with van der Waals surface area (Å²) in [5.41, 5.74) is 6.90. The fraction of sp³-hybridized carbons (Fsp3) is 0.750. The third kappa shape index (κ3) is 2.66. The molecular formula is C8H17N. The average Bonchev–Trinajstić information content (AvgIpc) is 1.62. The van der Waals surface area contributed by atoms with Crippen molar-refractivity contribution in [3.05, 3.63) is 12.2 Å². The van der Waals surface area contributed by atoms with E-state index in [1.165, 1.54) is 0 Å². The van der Waals surface area contributed by atoms with Crippen LogP contribution in [0, 0.1) is 5.41 Å². The van der Waals surface area contributed by atoms with Crippen molar-refractivity contribution in [2.24, 2.45) is 11.1 Å². The lowest BCUT2D eigenvalue weighted by Gasteiger charge is -2.24. The van der Waals surface area contributed by atoms with Gasteiger partial charge >= 0.3 is 0 Å². The lowest BCUT2D eigenvalue weighted by atomic mass is 9.84. The quantitative estimate of drug-likeness (QED) is 0.535. The van der Waals surface area contributed by atoms with Crippen LogP contribution in [0.25, 0.3) is 0 Å². The number of rotatable bonds is 1. The van der Waals surface area contributed by atoms with Gasteiger partial charge in [0.15, 0.2) is 0 Å². The molecule has 54 valence electrons. The van der Waals surface area contributed by atoms with Crippen LogP contribution in [0.4, 0.5) is 0 Å². The first-order valence-corrected chi connectivity index (χ1v) is 3.30. The molecule has 0 bridgehead atoms. The van der Waals surface area contributed by atoms with Crippen molar-refractivity contribution in [3.63, 3.8) is 0 Å². The maximum Gasteiger partial charge on any atom is 0.0227 e. The number of hydrogen-bond donors (Lipinski definition) is 1. The Balaban J connectivity index is 4.06. The molecule has 0 fully saturated rings. The van der Waals surface area contributed by atoms with Crippen molar-refractivity contribution in [1.29, 1.82) is 0 Å². The molecule has 0 unspecified atom stereocenters. The first-order valence-electron chi connectivity index (χ1n) is 3.30. The van der Waals surface area contributed by atoms with Crippen LogP contribution in [0.1, 0.15) is 27.7 Å². The van der Waals surface area contributed by atoms with Gasteiger partial charge in [0.2, 0.25) is 0 Å². The summed E-state index contributed by atoms with van der Waals surface area (Å²) in [7, 11) is 0. The zero-order valence-corrected chi connectivity index (χ0v) is 6.86. The normalized spacial score (nSPS) is 15.2. The molecule has 0 rings (SSSR count). The highest BCUT2D eigenvalue weighted by molar-refractivity contribution is 5.10. The highest BCUT2D eigenvalue weighted by Gasteiger charge is 2.16. The Hall–Kier alpha value is -0.300. The van der Waals surface area contributed by atoms with E-state index in [1.807, 2.05) is 6.92 Å². The Morgan fingerprint density at radius 3 is 1.78 bits per heavy atom. The highest BCUT2D eigenvalue weighted by atomic mass is 14.6. The van der Waals surface area contributed by atoms with Gasteiger partial charge in [-0.2, -0.15) is 0 Å². The van der Waals surface area contributed by atoms with Crippen molar-refractivity contribution >= 4 is 0 Å². The third-order valence-electron chi connectivity index (χ3n) is 1.51. The van der Waals surface area contributed by atoms with Crippen LogP contribution in [-0.4, -0.2) is 6.04 Å². The van der Waals surface area contributed by atoms with Gasteiger partial charge in [0.05, 0.1) is 0 Å². The van der Waals surface area contributed by atoms with Crippen LogP contribution in [0.3, 0.4) is 0 Å². The van der Waals surface area contributed by atoms with Crippen LogP contribution in [-0.2, 0) is 0 Å². The monoisotopic (exact) mass is 127 g/mol. The zero-order chi connectivity index (χ0) is 7.65. The second-order valence-corrected chi connectivity index (χ2v) is 3.56. The molecule has 1 heteroatoms. The highest BCUT2D eigenvalue weighted by Crippen LogP contribution is 2.24. The lowest BCUT2D eigenvalue weighted by molar-refractivity contribution is 0.472. The lowest BCUT2D eigenvalue weighted by Crippen LogP contribution is -2.25. The fourth-order valence-electron chi connectivity index (χ4n) is 0.683. The maximum absolute atomic E-state index is 5.62. The first-order chi connectivity index (χ1) is 3.85. The van der Waals surface area contributed by atoms with Crippen molar-refractivity contribution < 1.29 is 0 Å². The van der Waals surface area contributed by atoms with E-state index in [0.717, 1.165) is 5.57 Å². The molecule has 0 radical (unpaired) electrons. The molecule has 0 aliphatic rings. The molecule has 1 atom stereocenters. The van der Waals surface area contributed by atoms with Gasteiger partial charge in [-0.05, 0) is 12.3 Å². The summed E-state index contributed by atoms with van der Waals surface area (Å²) in [4.78, 5) is 0. The van der Waals surface area contributed by atoms with Gasteiger partial charge in [0.1, 0.15) is 0 Å². The molecule has 0 aromatic heterocycles. The predicted molar refractivity (Wildman–Crippen MR) is 42.2 cm³/mol. The van der Waals surface area contributed by atoms with Gasteiger partial charge in [-0.1, -0.05) is 32.9 Å². The second kappa shape index (κ2) is 2.53. The van der Waals surface area contributed by atoms with E-state index in [-0.39, 0.29) is 11.5 Å². The molecule has 0 aromatic rings. The van der Waals surface area contributed by atoms with Gasteiger partial charge in [-0.3, -0.25) is 0 Å². The Labute approximate surface area is 57.9 Å². The second-order valence-electron chi connectivity index (χ2n) is 3.56. The molecule has 0 aromatic carbocycles. The van der Waals surface area contributed by atoms with Crippen LogP contribution in [0.2, 0.25) is 0 Å². The molecular weight excluding hydrogens is 110 g/mol. The Bertz CT molecular complexity index is 106. The van der Waals surface area contributed by atoms with Gasteiger partial charge < -0.3 is 5.73 Å².